The molecule has 4 nitrogen and oxygen atoms in total. The first-order valence-corrected chi connectivity index (χ1v) is 5.66. The van der Waals surface area contributed by atoms with Crippen LogP contribution in [0.25, 0.3) is 0 Å². The van der Waals surface area contributed by atoms with Crippen LogP contribution in [0, 0.1) is 11.8 Å². The summed E-state index contributed by atoms with van der Waals surface area (Å²) in [6.45, 7) is 1.81. The van der Waals surface area contributed by atoms with E-state index in [1.807, 2.05) is 12.1 Å². The fraction of sp³-hybridized carbons (Fsp3) is 0.583. The van der Waals surface area contributed by atoms with Gasteiger partial charge in [-0.15, -0.1) is 0 Å². The highest BCUT2D eigenvalue weighted by Crippen LogP contribution is 2.43. The molecule has 16 heavy (non-hydrogen) atoms. The molecule has 2 unspecified atom stereocenters. The van der Waals surface area contributed by atoms with Crippen molar-refractivity contribution in [3.05, 3.63) is 24.2 Å². The maximum atomic E-state index is 10.8. The van der Waals surface area contributed by atoms with Gasteiger partial charge in [0.05, 0.1) is 6.26 Å². The molecule has 1 fully saturated rings. The predicted molar refractivity (Wildman–Crippen MR) is 57.8 cm³/mol. The number of carbonyl (C=O) groups excluding carboxylic acids is 1. The summed E-state index contributed by atoms with van der Waals surface area (Å²) in [7, 11) is 0. The third kappa shape index (κ3) is 2.85. The molecule has 1 saturated carbocycles. The molecule has 0 radical (unpaired) electrons. The number of rotatable bonds is 5. The highest BCUT2D eigenvalue weighted by Gasteiger charge is 2.37. The molecule has 1 aliphatic carbocycles. The van der Waals surface area contributed by atoms with Gasteiger partial charge in [0.15, 0.2) is 0 Å². The van der Waals surface area contributed by atoms with E-state index in [1.165, 1.54) is 13.3 Å². The van der Waals surface area contributed by atoms with Crippen LogP contribution >= 0.6 is 0 Å². The Morgan fingerprint density at radius 1 is 1.62 bits per heavy atom. The van der Waals surface area contributed by atoms with Crippen LogP contribution in [0.4, 0.5) is 0 Å². The van der Waals surface area contributed by atoms with E-state index in [1.54, 1.807) is 6.26 Å². The van der Waals surface area contributed by atoms with E-state index in [2.05, 4.69) is 0 Å². The number of hydrogen-bond donors (Lipinski definition) is 1. The molecular weight excluding hydrogens is 206 g/mol. The van der Waals surface area contributed by atoms with E-state index in [4.69, 9.17) is 4.42 Å². The summed E-state index contributed by atoms with van der Waals surface area (Å²) in [5.74, 6) is 2.02. The highest BCUT2D eigenvalue weighted by molar-refractivity contribution is 5.71. The summed E-state index contributed by atoms with van der Waals surface area (Å²) in [5, 5.41) is 10.0. The van der Waals surface area contributed by atoms with Crippen LogP contribution in [0.15, 0.2) is 22.8 Å². The van der Waals surface area contributed by atoms with Gasteiger partial charge in [-0.2, -0.15) is 0 Å². The Morgan fingerprint density at radius 2 is 2.44 bits per heavy atom. The summed E-state index contributed by atoms with van der Waals surface area (Å²) in [4.78, 5) is 10.8. The first kappa shape index (κ1) is 11.2. The van der Waals surface area contributed by atoms with Gasteiger partial charge in [-0.25, -0.2) is 5.06 Å². The van der Waals surface area contributed by atoms with E-state index in [0.717, 1.165) is 23.7 Å². The zero-order valence-corrected chi connectivity index (χ0v) is 9.43. The summed E-state index contributed by atoms with van der Waals surface area (Å²) in [5.41, 5.74) is 0. The van der Waals surface area contributed by atoms with Crippen LogP contribution in [0.1, 0.15) is 25.5 Å². The molecule has 1 N–H and O–H groups in total. The van der Waals surface area contributed by atoms with Crippen molar-refractivity contribution in [3.8, 4) is 0 Å². The molecule has 0 bridgehead atoms. The Kier molecular flexibility index (Phi) is 3.29. The highest BCUT2D eigenvalue weighted by atomic mass is 16.5. The lowest BCUT2D eigenvalue weighted by Gasteiger charge is -2.11. The summed E-state index contributed by atoms with van der Waals surface area (Å²) < 4.78 is 5.28. The number of nitrogens with zero attached hydrogens (tertiary/aromatic N) is 1. The first-order chi connectivity index (χ1) is 7.66. The zero-order chi connectivity index (χ0) is 11.5. The van der Waals surface area contributed by atoms with Gasteiger partial charge in [0.2, 0.25) is 5.91 Å². The standard InChI is InChI=1S/C12H17NO3/c1-9(14)13(15)5-4-10-7-11(10)8-12-3-2-6-16-12/h2-3,6,10-11,15H,4-5,7-8H2,1H3. The Morgan fingerprint density at radius 3 is 3.06 bits per heavy atom. The SMILES string of the molecule is CC(=O)N(O)CCC1CC1Cc1ccco1. The molecular formula is C12H17NO3. The molecule has 1 aliphatic rings. The minimum Gasteiger partial charge on any atom is -0.469 e. The largest absolute Gasteiger partial charge is 0.469 e. The van der Waals surface area contributed by atoms with Gasteiger partial charge in [-0.05, 0) is 36.8 Å². The molecule has 88 valence electrons. The lowest BCUT2D eigenvalue weighted by Crippen LogP contribution is -2.26. The van der Waals surface area contributed by atoms with Crippen molar-refractivity contribution in [1.82, 2.24) is 5.06 Å². The topological polar surface area (TPSA) is 53.7 Å². The zero-order valence-electron chi connectivity index (χ0n) is 9.43. The van der Waals surface area contributed by atoms with E-state index in [9.17, 15) is 10.0 Å². The van der Waals surface area contributed by atoms with Crippen LogP contribution in [-0.4, -0.2) is 22.7 Å². The molecule has 4 heteroatoms. The predicted octanol–water partition coefficient (Wildman–Crippen LogP) is 2.09. The molecule has 2 atom stereocenters. The van der Waals surface area contributed by atoms with Crippen LogP contribution in [0.3, 0.4) is 0 Å². The molecule has 1 amide bonds. The number of amides is 1. The van der Waals surface area contributed by atoms with Gasteiger partial charge in [0.1, 0.15) is 5.76 Å². The van der Waals surface area contributed by atoms with Crippen molar-refractivity contribution < 1.29 is 14.4 Å². The van der Waals surface area contributed by atoms with Crippen LogP contribution in [-0.2, 0) is 11.2 Å². The van der Waals surface area contributed by atoms with Crippen molar-refractivity contribution in [2.75, 3.05) is 6.54 Å². The number of hydroxylamine groups is 2. The van der Waals surface area contributed by atoms with Crippen molar-refractivity contribution >= 4 is 5.91 Å². The number of furan rings is 1. The van der Waals surface area contributed by atoms with Crippen molar-refractivity contribution in [2.24, 2.45) is 11.8 Å². The molecule has 0 saturated heterocycles. The van der Waals surface area contributed by atoms with E-state index in [0.29, 0.717) is 18.4 Å². The fourth-order valence-corrected chi connectivity index (χ4v) is 2.05. The number of hydrogen-bond acceptors (Lipinski definition) is 3. The monoisotopic (exact) mass is 223 g/mol. The van der Waals surface area contributed by atoms with Gasteiger partial charge in [-0.1, -0.05) is 0 Å². The first-order valence-electron chi connectivity index (χ1n) is 5.66. The summed E-state index contributed by atoms with van der Waals surface area (Å²) in [6, 6.07) is 3.89. The normalized spacial score (nSPS) is 23.1. The molecule has 2 rings (SSSR count). The summed E-state index contributed by atoms with van der Waals surface area (Å²) in [6.07, 6.45) is 4.72. The average Bonchev–Trinajstić information content (AvgIpc) is 2.74. The second kappa shape index (κ2) is 4.70. The summed E-state index contributed by atoms with van der Waals surface area (Å²) >= 11 is 0. The van der Waals surface area contributed by atoms with E-state index < -0.39 is 0 Å². The molecule has 0 aromatic carbocycles. The Bertz CT molecular complexity index is 347. The number of carbonyl (C=O) groups is 1. The molecule has 1 aromatic rings. The third-order valence-corrected chi connectivity index (χ3v) is 3.19. The van der Waals surface area contributed by atoms with Crippen molar-refractivity contribution in [1.29, 1.82) is 0 Å². The van der Waals surface area contributed by atoms with Crippen molar-refractivity contribution in [3.63, 3.8) is 0 Å². The van der Waals surface area contributed by atoms with Gasteiger partial charge < -0.3 is 4.42 Å². The van der Waals surface area contributed by atoms with Gasteiger partial charge in [-0.3, -0.25) is 10.0 Å². The minimum absolute atomic E-state index is 0.289. The maximum Gasteiger partial charge on any atom is 0.242 e. The van der Waals surface area contributed by atoms with Gasteiger partial charge >= 0.3 is 0 Å². The van der Waals surface area contributed by atoms with Crippen LogP contribution < -0.4 is 0 Å². The Balaban J connectivity index is 1.66. The molecule has 0 aliphatic heterocycles. The maximum absolute atomic E-state index is 10.8. The van der Waals surface area contributed by atoms with Crippen molar-refractivity contribution in [2.45, 2.75) is 26.2 Å². The smallest absolute Gasteiger partial charge is 0.242 e. The van der Waals surface area contributed by atoms with Crippen LogP contribution in [0.2, 0.25) is 0 Å². The minimum atomic E-state index is -0.289. The van der Waals surface area contributed by atoms with E-state index >= 15 is 0 Å². The van der Waals surface area contributed by atoms with E-state index in [-0.39, 0.29) is 5.91 Å². The average molecular weight is 223 g/mol. The third-order valence-electron chi connectivity index (χ3n) is 3.19. The Hall–Kier alpha value is -1.29. The lowest BCUT2D eigenvalue weighted by atomic mass is 10.1. The lowest BCUT2D eigenvalue weighted by molar-refractivity contribution is -0.163. The second-order valence-corrected chi connectivity index (χ2v) is 4.47. The quantitative estimate of drug-likeness (QED) is 0.614. The van der Waals surface area contributed by atoms with Gasteiger partial charge in [0, 0.05) is 19.9 Å². The Labute approximate surface area is 94.8 Å². The molecule has 1 aromatic heterocycles. The molecule has 1 heterocycles. The molecule has 0 spiro atoms. The van der Waals surface area contributed by atoms with Gasteiger partial charge in [0.25, 0.3) is 0 Å². The fourth-order valence-electron chi connectivity index (χ4n) is 2.05. The second-order valence-electron chi connectivity index (χ2n) is 4.47. The van der Waals surface area contributed by atoms with Crippen LogP contribution in [0.5, 0.6) is 0 Å².